The highest BCUT2D eigenvalue weighted by atomic mass is 16.5. The number of ether oxygens (including phenoxy) is 1. The molecule has 0 amide bonds. The Morgan fingerprint density at radius 1 is 0.912 bits per heavy atom. The first-order valence-electron chi connectivity index (χ1n) is 13.7. The van der Waals surface area contributed by atoms with Crippen molar-refractivity contribution < 1.29 is 9.53 Å². The molecular weight excluding hydrogens is 416 g/mol. The maximum atomic E-state index is 12.6. The number of hydrogen-bond acceptors (Lipinski definition) is 2. The van der Waals surface area contributed by atoms with Crippen molar-refractivity contribution in [3.8, 4) is 5.75 Å². The van der Waals surface area contributed by atoms with Crippen LogP contribution >= 0.6 is 0 Å². The molecule has 2 nitrogen and oxygen atoms in total. The number of carbonyl (C=O) groups is 1. The van der Waals surface area contributed by atoms with Crippen LogP contribution < -0.4 is 4.74 Å². The highest BCUT2D eigenvalue weighted by molar-refractivity contribution is 5.91. The molecule has 0 saturated carbocycles. The molecule has 2 aromatic carbocycles. The van der Waals surface area contributed by atoms with E-state index in [0.29, 0.717) is 11.3 Å². The fourth-order valence-electron chi connectivity index (χ4n) is 5.05. The van der Waals surface area contributed by atoms with Gasteiger partial charge in [0.2, 0.25) is 0 Å². The molecule has 0 heterocycles. The maximum absolute atomic E-state index is 12.6. The van der Waals surface area contributed by atoms with Crippen molar-refractivity contribution in [1.29, 1.82) is 0 Å². The van der Waals surface area contributed by atoms with E-state index >= 15 is 0 Å². The van der Waals surface area contributed by atoms with E-state index in [-0.39, 0.29) is 5.97 Å². The lowest BCUT2D eigenvalue weighted by atomic mass is 9.78. The Kier molecular flexibility index (Phi) is 10.9. The van der Waals surface area contributed by atoms with Crippen LogP contribution in [-0.2, 0) is 6.42 Å². The second-order valence-electron chi connectivity index (χ2n) is 10.2. The largest absolute Gasteiger partial charge is 0.423 e. The molecule has 0 spiro atoms. The molecular formula is C32H44O2. The molecule has 0 N–H and O–H groups in total. The minimum absolute atomic E-state index is 0.291. The molecule has 2 heteroatoms. The second-order valence-corrected chi connectivity index (χ2v) is 10.2. The Morgan fingerprint density at radius 2 is 1.62 bits per heavy atom. The zero-order chi connectivity index (χ0) is 24.2. The van der Waals surface area contributed by atoms with Gasteiger partial charge in [0, 0.05) is 0 Å². The predicted octanol–water partition coefficient (Wildman–Crippen LogP) is 9.43. The van der Waals surface area contributed by atoms with Crippen LogP contribution in [0.1, 0.15) is 113 Å². The quantitative estimate of drug-likeness (QED) is 0.169. The smallest absolute Gasteiger partial charge is 0.343 e. The van der Waals surface area contributed by atoms with Gasteiger partial charge in [0.15, 0.2) is 0 Å². The average Bonchev–Trinajstić information content (AvgIpc) is 2.88. The highest BCUT2D eigenvalue weighted by Crippen LogP contribution is 2.35. The summed E-state index contributed by atoms with van der Waals surface area (Å²) in [7, 11) is 0. The van der Waals surface area contributed by atoms with Crippen LogP contribution in [-0.4, -0.2) is 5.97 Å². The van der Waals surface area contributed by atoms with Gasteiger partial charge in [-0.25, -0.2) is 4.79 Å². The third-order valence-corrected chi connectivity index (χ3v) is 7.46. The SMILES string of the molecule is CCCCCCc1ccc(OC(=O)c2ccc(C3=CCC(C(C)CCCCC)CC3)cc2)cc1. The molecule has 0 aliphatic heterocycles. The first-order valence-corrected chi connectivity index (χ1v) is 13.7. The van der Waals surface area contributed by atoms with E-state index < -0.39 is 0 Å². The number of aryl methyl sites for hydroxylation is 1. The molecule has 0 radical (unpaired) electrons. The zero-order valence-electron chi connectivity index (χ0n) is 21.7. The number of rotatable bonds is 13. The summed E-state index contributed by atoms with van der Waals surface area (Å²) in [6.45, 7) is 6.94. The summed E-state index contributed by atoms with van der Waals surface area (Å²) in [5.41, 5.74) is 4.57. The van der Waals surface area contributed by atoms with Crippen molar-refractivity contribution >= 4 is 11.5 Å². The number of allylic oxidation sites excluding steroid dienone is 2. The molecule has 34 heavy (non-hydrogen) atoms. The van der Waals surface area contributed by atoms with Crippen LogP contribution in [0.3, 0.4) is 0 Å². The molecule has 0 fully saturated rings. The monoisotopic (exact) mass is 460 g/mol. The Morgan fingerprint density at radius 3 is 2.26 bits per heavy atom. The lowest BCUT2D eigenvalue weighted by molar-refractivity contribution is 0.0734. The van der Waals surface area contributed by atoms with Crippen molar-refractivity contribution in [2.24, 2.45) is 11.8 Å². The van der Waals surface area contributed by atoms with Gasteiger partial charge in [-0.3, -0.25) is 0 Å². The van der Waals surface area contributed by atoms with Crippen LogP contribution in [0.4, 0.5) is 0 Å². The predicted molar refractivity (Wildman–Crippen MR) is 144 cm³/mol. The topological polar surface area (TPSA) is 26.3 Å². The van der Waals surface area contributed by atoms with Gasteiger partial charge in [-0.15, -0.1) is 0 Å². The van der Waals surface area contributed by atoms with E-state index in [1.54, 1.807) is 0 Å². The van der Waals surface area contributed by atoms with Gasteiger partial charge < -0.3 is 4.74 Å². The summed E-state index contributed by atoms with van der Waals surface area (Å²) in [6, 6.07) is 15.9. The molecule has 1 aliphatic carbocycles. The highest BCUT2D eigenvalue weighted by Gasteiger charge is 2.21. The Hall–Kier alpha value is -2.35. The number of hydrogen-bond donors (Lipinski definition) is 0. The number of benzene rings is 2. The van der Waals surface area contributed by atoms with Crippen molar-refractivity contribution in [2.75, 3.05) is 0 Å². The van der Waals surface area contributed by atoms with Crippen molar-refractivity contribution in [2.45, 2.75) is 97.8 Å². The lowest BCUT2D eigenvalue weighted by Crippen LogP contribution is -2.14. The summed E-state index contributed by atoms with van der Waals surface area (Å²) in [4.78, 5) is 12.6. The van der Waals surface area contributed by atoms with Gasteiger partial charge in [-0.2, -0.15) is 0 Å². The Balaban J connectivity index is 1.49. The molecule has 1 aliphatic rings. The van der Waals surface area contributed by atoms with Crippen LogP contribution in [0.25, 0.3) is 5.57 Å². The summed E-state index contributed by atoms with van der Waals surface area (Å²) < 4.78 is 5.61. The van der Waals surface area contributed by atoms with Gasteiger partial charge >= 0.3 is 5.97 Å². The van der Waals surface area contributed by atoms with E-state index in [1.165, 1.54) is 80.9 Å². The standard InChI is InChI=1S/C32H44O2/c1-4-6-8-10-12-26-13-23-31(24-14-26)34-32(33)30-21-19-29(20-22-30)28-17-15-27(16-18-28)25(3)11-9-7-5-2/h13-14,17,19-25,27H,4-12,15-16,18H2,1-3H3. The van der Waals surface area contributed by atoms with E-state index in [9.17, 15) is 4.79 Å². The van der Waals surface area contributed by atoms with E-state index in [4.69, 9.17) is 4.74 Å². The fraction of sp³-hybridized carbons (Fsp3) is 0.531. The van der Waals surface area contributed by atoms with E-state index in [0.717, 1.165) is 24.7 Å². The first kappa shape index (κ1) is 26.3. The van der Waals surface area contributed by atoms with Gasteiger partial charge in [-0.1, -0.05) is 96.1 Å². The van der Waals surface area contributed by atoms with Crippen LogP contribution in [0.15, 0.2) is 54.6 Å². The molecule has 0 bridgehead atoms. The summed E-state index contributed by atoms with van der Waals surface area (Å²) >= 11 is 0. The van der Waals surface area contributed by atoms with Crippen LogP contribution in [0.2, 0.25) is 0 Å². The first-order chi connectivity index (χ1) is 16.6. The molecule has 184 valence electrons. The van der Waals surface area contributed by atoms with E-state index in [1.807, 2.05) is 24.3 Å². The second kappa shape index (κ2) is 14.1. The van der Waals surface area contributed by atoms with Crippen molar-refractivity contribution in [1.82, 2.24) is 0 Å². The lowest BCUT2D eigenvalue weighted by Gasteiger charge is -2.27. The average molecular weight is 461 g/mol. The minimum Gasteiger partial charge on any atom is -0.423 e. The van der Waals surface area contributed by atoms with Crippen LogP contribution in [0.5, 0.6) is 5.75 Å². The third-order valence-electron chi connectivity index (χ3n) is 7.46. The molecule has 2 unspecified atom stereocenters. The normalized spacial score (nSPS) is 16.7. The van der Waals surface area contributed by atoms with Gasteiger partial charge in [0.1, 0.15) is 5.75 Å². The summed E-state index contributed by atoms with van der Waals surface area (Å²) in [5.74, 6) is 1.95. The Bertz CT molecular complexity index is 892. The number of carbonyl (C=O) groups excluding carboxylic acids is 1. The van der Waals surface area contributed by atoms with E-state index in [2.05, 4.69) is 51.1 Å². The minimum atomic E-state index is -0.291. The number of esters is 1. The summed E-state index contributed by atoms with van der Waals surface area (Å²) in [6.07, 6.45) is 17.5. The molecule has 2 aromatic rings. The summed E-state index contributed by atoms with van der Waals surface area (Å²) in [5, 5.41) is 0. The Labute approximate surface area is 207 Å². The van der Waals surface area contributed by atoms with Gasteiger partial charge in [0.05, 0.1) is 5.56 Å². The maximum Gasteiger partial charge on any atom is 0.343 e. The van der Waals surface area contributed by atoms with Gasteiger partial charge in [0.25, 0.3) is 0 Å². The molecule has 0 aromatic heterocycles. The number of unbranched alkanes of at least 4 members (excludes halogenated alkanes) is 5. The zero-order valence-corrected chi connectivity index (χ0v) is 21.7. The molecule has 2 atom stereocenters. The fourth-order valence-corrected chi connectivity index (χ4v) is 5.05. The van der Waals surface area contributed by atoms with Crippen molar-refractivity contribution in [3.05, 3.63) is 71.3 Å². The third kappa shape index (κ3) is 8.15. The van der Waals surface area contributed by atoms with Crippen molar-refractivity contribution in [3.63, 3.8) is 0 Å². The molecule has 0 saturated heterocycles. The molecule has 3 rings (SSSR count). The van der Waals surface area contributed by atoms with Gasteiger partial charge in [-0.05, 0) is 84.9 Å². The van der Waals surface area contributed by atoms with Crippen LogP contribution in [0, 0.1) is 11.8 Å².